The van der Waals surface area contributed by atoms with Crippen molar-refractivity contribution in [2.24, 2.45) is 0 Å². The maximum atomic E-state index is 12.7. The highest BCUT2D eigenvalue weighted by atomic mass is 16.6. The number of nitrogens with zero attached hydrogens (tertiary/aromatic N) is 1. The summed E-state index contributed by atoms with van der Waals surface area (Å²) in [5.41, 5.74) is 1.02. The normalized spacial score (nSPS) is 17.7. The molecule has 0 radical (unpaired) electrons. The van der Waals surface area contributed by atoms with Gasteiger partial charge in [0.1, 0.15) is 11.4 Å². The first kappa shape index (κ1) is 17.9. The number of amides is 1. The molecule has 0 aliphatic carbocycles. The van der Waals surface area contributed by atoms with Gasteiger partial charge in [-0.3, -0.25) is 14.9 Å². The summed E-state index contributed by atoms with van der Waals surface area (Å²) < 4.78 is 6.25. The fourth-order valence-corrected chi connectivity index (χ4v) is 3.41. The van der Waals surface area contributed by atoms with Crippen molar-refractivity contribution in [1.29, 1.82) is 0 Å². The van der Waals surface area contributed by atoms with Crippen LogP contribution in [0.2, 0.25) is 0 Å². The van der Waals surface area contributed by atoms with Crippen LogP contribution in [0, 0.1) is 10.1 Å². The summed E-state index contributed by atoms with van der Waals surface area (Å²) in [6, 6.07) is 13.2. The maximum Gasteiger partial charge on any atom is 0.269 e. The fourth-order valence-electron chi connectivity index (χ4n) is 3.41. The van der Waals surface area contributed by atoms with Crippen molar-refractivity contribution in [3.05, 3.63) is 69.8 Å². The standard InChI is InChI=1S/C20H22N2O4/c1-3-20(4-2)13-17(16-7-5-6-8-18(16)26-20)21-19(23)14-9-11-15(12-10-14)22(24)25/h5-12,17H,3-4,13H2,1-2H3,(H,21,23)/t17-/m0/s1. The van der Waals surface area contributed by atoms with E-state index in [1.807, 2.05) is 24.3 Å². The van der Waals surface area contributed by atoms with Gasteiger partial charge in [-0.15, -0.1) is 0 Å². The zero-order chi connectivity index (χ0) is 18.7. The number of carbonyl (C=O) groups is 1. The second-order valence-corrected chi connectivity index (χ2v) is 6.56. The molecule has 0 bridgehead atoms. The molecule has 0 saturated carbocycles. The van der Waals surface area contributed by atoms with Crippen LogP contribution < -0.4 is 10.1 Å². The first-order valence-electron chi connectivity index (χ1n) is 8.81. The van der Waals surface area contributed by atoms with Crippen molar-refractivity contribution in [2.75, 3.05) is 0 Å². The minimum atomic E-state index is -0.479. The van der Waals surface area contributed by atoms with Crippen LogP contribution in [-0.4, -0.2) is 16.4 Å². The Kier molecular flexibility index (Phi) is 4.93. The molecule has 0 fully saturated rings. The molecule has 1 aliphatic rings. The highest BCUT2D eigenvalue weighted by Crippen LogP contribution is 2.42. The van der Waals surface area contributed by atoms with Gasteiger partial charge in [-0.05, 0) is 31.0 Å². The lowest BCUT2D eigenvalue weighted by Crippen LogP contribution is -2.44. The predicted molar refractivity (Wildman–Crippen MR) is 98.3 cm³/mol. The zero-order valence-electron chi connectivity index (χ0n) is 14.9. The van der Waals surface area contributed by atoms with Crippen molar-refractivity contribution >= 4 is 11.6 Å². The van der Waals surface area contributed by atoms with Crippen LogP contribution in [0.5, 0.6) is 5.75 Å². The molecule has 26 heavy (non-hydrogen) atoms. The van der Waals surface area contributed by atoms with Gasteiger partial charge in [0, 0.05) is 29.7 Å². The van der Waals surface area contributed by atoms with Gasteiger partial charge in [-0.1, -0.05) is 32.0 Å². The third kappa shape index (κ3) is 3.40. The van der Waals surface area contributed by atoms with E-state index in [9.17, 15) is 14.9 Å². The third-order valence-electron chi connectivity index (χ3n) is 5.13. The number of hydrogen-bond donors (Lipinski definition) is 1. The minimum absolute atomic E-state index is 0.0334. The van der Waals surface area contributed by atoms with E-state index in [4.69, 9.17) is 4.74 Å². The number of carbonyl (C=O) groups excluding carboxylic acids is 1. The van der Waals surface area contributed by atoms with Crippen LogP contribution in [0.3, 0.4) is 0 Å². The van der Waals surface area contributed by atoms with Crippen LogP contribution in [0.25, 0.3) is 0 Å². The summed E-state index contributed by atoms with van der Waals surface area (Å²) in [5, 5.41) is 13.8. The van der Waals surface area contributed by atoms with E-state index in [0.29, 0.717) is 12.0 Å². The average Bonchev–Trinajstić information content (AvgIpc) is 2.67. The van der Waals surface area contributed by atoms with Crippen LogP contribution in [0.4, 0.5) is 5.69 Å². The van der Waals surface area contributed by atoms with Crippen molar-refractivity contribution in [3.8, 4) is 5.75 Å². The molecular weight excluding hydrogens is 332 g/mol. The summed E-state index contributed by atoms with van der Waals surface area (Å²) in [6.45, 7) is 4.18. The third-order valence-corrected chi connectivity index (χ3v) is 5.13. The maximum absolute atomic E-state index is 12.7. The van der Waals surface area contributed by atoms with E-state index in [1.165, 1.54) is 24.3 Å². The van der Waals surface area contributed by atoms with Crippen molar-refractivity contribution in [3.63, 3.8) is 0 Å². The minimum Gasteiger partial charge on any atom is -0.487 e. The highest BCUT2D eigenvalue weighted by molar-refractivity contribution is 5.94. The monoisotopic (exact) mass is 354 g/mol. The molecule has 1 N–H and O–H groups in total. The quantitative estimate of drug-likeness (QED) is 0.637. The Morgan fingerprint density at radius 3 is 2.46 bits per heavy atom. The number of para-hydroxylation sites is 1. The lowest BCUT2D eigenvalue weighted by Gasteiger charge is -2.41. The Labute approximate surface area is 152 Å². The number of hydrogen-bond acceptors (Lipinski definition) is 4. The average molecular weight is 354 g/mol. The van der Waals surface area contributed by atoms with Crippen molar-refractivity contribution < 1.29 is 14.5 Å². The highest BCUT2D eigenvalue weighted by Gasteiger charge is 2.39. The number of nitro benzene ring substituents is 1. The summed E-state index contributed by atoms with van der Waals surface area (Å²) in [5.74, 6) is 0.555. The van der Waals surface area contributed by atoms with E-state index >= 15 is 0 Å². The Morgan fingerprint density at radius 1 is 1.19 bits per heavy atom. The number of non-ortho nitro benzene ring substituents is 1. The van der Waals surface area contributed by atoms with E-state index in [0.717, 1.165) is 24.2 Å². The molecule has 1 amide bonds. The van der Waals surface area contributed by atoms with E-state index in [1.54, 1.807) is 0 Å². The summed E-state index contributed by atoms with van der Waals surface area (Å²) in [7, 11) is 0. The smallest absolute Gasteiger partial charge is 0.269 e. The number of rotatable bonds is 5. The van der Waals surface area contributed by atoms with E-state index < -0.39 is 4.92 Å². The van der Waals surface area contributed by atoms with Gasteiger partial charge in [0.25, 0.3) is 11.6 Å². The molecule has 3 rings (SSSR count). The number of fused-ring (bicyclic) bond motifs is 1. The SMILES string of the molecule is CCC1(CC)C[C@H](NC(=O)c2ccc([N+](=O)[O-])cc2)c2ccccc2O1. The molecule has 2 aromatic carbocycles. The Morgan fingerprint density at radius 2 is 1.85 bits per heavy atom. The molecule has 1 aliphatic heterocycles. The van der Waals surface area contributed by atoms with Crippen LogP contribution in [0.15, 0.2) is 48.5 Å². The van der Waals surface area contributed by atoms with Gasteiger partial charge in [-0.2, -0.15) is 0 Å². The van der Waals surface area contributed by atoms with Gasteiger partial charge < -0.3 is 10.1 Å². The van der Waals surface area contributed by atoms with Crippen LogP contribution in [0.1, 0.15) is 55.1 Å². The van der Waals surface area contributed by atoms with Gasteiger partial charge in [0.05, 0.1) is 11.0 Å². The number of benzene rings is 2. The van der Waals surface area contributed by atoms with E-state index in [-0.39, 0.29) is 23.2 Å². The second kappa shape index (κ2) is 7.15. The predicted octanol–water partition coefficient (Wildman–Crippen LogP) is 4.41. The lowest BCUT2D eigenvalue weighted by molar-refractivity contribution is -0.384. The Hall–Kier alpha value is -2.89. The van der Waals surface area contributed by atoms with Crippen LogP contribution >= 0.6 is 0 Å². The molecule has 0 saturated heterocycles. The number of ether oxygens (including phenoxy) is 1. The van der Waals surface area contributed by atoms with Gasteiger partial charge in [0.15, 0.2) is 0 Å². The Balaban J connectivity index is 1.85. The topological polar surface area (TPSA) is 81.5 Å². The number of nitrogens with one attached hydrogen (secondary N) is 1. The second-order valence-electron chi connectivity index (χ2n) is 6.56. The lowest BCUT2D eigenvalue weighted by atomic mass is 9.83. The number of nitro groups is 1. The first-order chi connectivity index (χ1) is 12.5. The van der Waals surface area contributed by atoms with Crippen LogP contribution in [-0.2, 0) is 0 Å². The van der Waals surface area contributed by atoms with E-state index in [2.05, 4.69) is 19.2 Å². The Bertz CT molecular complexity index is 813. The molecule has 1 heterocycles. The summed E-state index contributed by atoms with van der Waals surface area (Å²) >= 11 is 0. The largest absolute Gasteiger partial charge is 0.487 e. The molecular formula is C20H22N2O4. The molecule has 2 aromatic rings. The fraction of sp³-hybridized carbons (Fsp3) is 0.350. The zero-order valence-corrected chi connectivity index (χ0v) is 14.9. The van der Waals surface area contributed by atoms with Gasteiger partial charge in [-0.25, -0.2) is 0 Å². The molecule has 6 nitrogen and oxygen atoms in total. The molecule has 0 unspecified atom stereocenters. The van der Waals surface area contributed by atoms with Crippen molar-refractivity contribution in [1.82, 2.24) is 5.32 Å². The molecule has 136 valence electrons. The molecule has 6 heteroatoms. The molecule has 0 aromatic heterocycles. The molecule has 1 atom stereocenters. The van der Waals surface area contributed by atoms with Crippen molar-refractivity contribution in [2.45, 2.75) is 44.8 Å². The van der Waals surface area contributed by atoms with Gasteiger partial charge in [0.2, 0.25) is 0 Å². The summed E-state index contributed by atoms with van der Waals surface area (Å²) in [4.78, 5) is 23.0. The summed E-state index contributed by atoms with van der Waals surface area (Å²) in [6.07, 6.45) is 2.39. The first-order valence-corrected chi connectivity index (χ1v) is 8.81. The van der Waals surface area contributed by atoms with Gasteiger partial charge >= 0.3 is 0 Å². The molecule has 0 spiro atoms.